The smallest absolute Gasteiger partial charge is 0.408 e. The van der Waals surface area contributed by atoms with E-state index in [9.17, 15) is 9.59 Å². The predicted octanol–water partition coefficient (Wildman–Crippen LogP) is 3.88. The molecule has 1 fully saturated rings. The van der Waals surface area contributed by atoms with Crippen molar-refractivity contribution in [1.82, 2.24) is 15.4 Å². The van der Waals surface area contributed by atoms with Crippen LogP contribution in [-0.4, -0.2) is 34.2 Å². The Bertz CT molecular complexity index is 858. The van der Waals surface area contributed by atoms with Gasteiger partial charge in [-0.25, -0.2) is 19.6 Å². The number of nitrogens with one attached hydrogen (secondary N) is 1. The first-order valence-corrected chi connectivity index (χ1v) is 10.3. The molecule has 0 aliphatic carbocycles. The molecule has 0 radical (unpaired) electrons. The van der Waals surface area contributed by atoms with Crippen molar-refractivity contribution in [2.75, 3.05) is 6.54 Å². The van der Waals surface area contributed by atoms with Gasteiger partial charge in [0, 0.05) is 24.0 Å². The highest BCUT2D eigenvalue weighted by atomic mass is 32.1. The quantitative estimate of drug-likeness (QED) is 0.721. The molecular weight excluding hydrogens is 390 g/mol. The molecule has 8 heteroatoms. The molecule has 1 aliphatic rings. The van der Waals surface area contributed by atoms with Crippen molar-refractivity contribution in [3.05, 3.63) is 58.2 Å². The fourth-order valence-electron chi connectivity index (χ4n) is 3.17. The SMILES string of the molecule is CC(C)(C)OC(=O)NC(c1nccs1)[C@H]1CCN(OCc2ccccc2)C1=C=O. The number of aromatic nitrogens is 1. The van der Waals surface area contributed by atoms with Crippen molar-refractivity contribution in [1.29, 1.82) is 0 Å². The van der Waals surface area contributed by atoms with Gasteiger partial charge in [-0.2, -0.15) is 0 Å². The molecule has 1 unspecified atom stereocenters. The molecule has 2 heterocycles. The second-order valence-electron chi connectivity index (χ2n) is 7.74. The molecule has 7 nitrogen and oxygen atoms in total. The number of hydrogen-bond donors (Lipinski definition) is 1. The average Bonchev–Trinajstić information content (AvgIpc) is 3.33. The van der Waals surface area contributed by atoms with Crippen LogP contribution in [0.15, 0.2) is 47.6 Å². The first-order valence-electron chi connectivity index (χ1n) is 9.45. The van der Waals surface area contributed by atoms with Gasteiger partial charge < -0.3 is 10.1 Å². The topological polar surface area (TPSA) is 80.8 Å². The molecule has 1 aliphatic heterocycles. The minimum absolute atomic E-state index is 0.304. The monoisotopic (exact) mass is 415 g/mol. The Balaban J connectivity index is 1.73. The van der Waals surface area contributed by atoms with Crippen molar-refractivity contribution in [2.45, 2.75) is 45.4 Å². The lowest BCUT2D eigenvalue weighted by molar-refractivity contribution is -0.131. The van der Waals surface area contributed by atoms with Gasteiger partial charge in [0.25, 0.3) is 0 Å². The molecule has 1 saturated heterocycles. The van der Waals surface area contributed by atoms with Crippen LogP contribution in [0.1, 0.15) is 43.8 Å². The van der Waals surface area contributed by atoms with E-state index in [4.69, 9.17) is 9.57 Å². The predicted molar refractivity (Wildman–Crippen MR) is 109 cm³/mol. The molecule has 2 atom stereocenters. The number of hydrogen-bond acceptors (Lipinski definition) is 7. The molecule has 2 aromatic rings. The number of rotatable bonds is 6. The van der Waals surface area contributed by atoms with Gasteiger partial charge in [-0.3, -0.25) is 4.84 Å². The largest absolute Gasteiger partial charge is 0.444 e. The summed E-state index contributed by atoms with van der Waals surface area (Å²) in [6, 6.07) is 9.23. The third-order valence-electron chi connectivity index (χ3n) is 4.39. The van der Waals surface area contributed by atoms with Crippen LogP contribution in [0.2, 0.25) is 0 Å². The van der Waals surface area contributed by atoms with Gasteiger partial charge in [0.1, 0.15) is 22.2 Å². The minimum atomic E-state index is -0.624. The Labute approximate surface area is 174 Å². The lowest BCUT2D eigenvalue weighted by Crippen LogP contribution is -2.38. The summed E-state index contributed by atoms with van der Waals surface area (Å²) in [6.07, 6.45) is 1.75. The first kappa shape index (κ1) is 21.0. The minimum Gasteiger partial charge on any atom is -0.444 e. The summed E-state index contributed by atoms with van der Waals surface area (Å²) in [7, 11) is 0. The van der Waals surface area contributed by atoms with Gasteiger partial charge in [0.05, 0.1) is 12.6 Å². The van der Waals surface area contributed by atoms with E-state index in [-0.39, 0.29) is 5.92 Å². The number of nitrogens with zero attached hydrogens (tertiary/aromatic N) is 2. The summed E-state index contributed by atoms with van der Waals surface area (Å²) >= 11 is 1.42. The van der Waals surface area contributed by atoms with Crippen molar-refractivity contribution in [3.8, 4) is 0 Å². The molecule has 1 N–H and O–H groups in total. The Morgan fingerprint density at radius 2 is 2.14 bits per heavy atom. The number of carbonyl (C=O) groups is 1. The summed E-state index contributed by atoms with van der Waals surface area (Å²) in [6.45, 7) is 6.28. The van der Waals surface area contributed by atoms with Crippen LogP contribution in [0.5, 0.6) is 0 Å². The van der Waals surface area contributed by atoms with E-state index in [0.717, 1.165) is 5.56 Å². The summed E-state index contributed by atoms with van der Waals surface area (Å²) in [4.78, 5) is 34.4. The number of hydroxylamine groups is 2. The van der Waals surface area contributed by atoms with Gasteiger partial charge in [-0.05, 0) is 32.8 Å². The van der Waals surface area contributed by atoms with Crippen molar-refractivity contribution >= 4 is 23.4 Å². The Kier molecular flexibility index (Phi) is 6.69. The zero-order chi connectivity index (χ0) is 20.9. The number of benzene rings is 1. The maximum atomic E-state index is 12.4. The molecule has 3 rings (SSSR count). The van der Waals surface area contributed by atoms with Gasteiger partial charge in [0.15, 0.2) is 0 Å². The Hall–Kier alpha value is -2.67. The van der Waals surface area contributed by atoms with Crippen molar-refractivity contribution in [3.63, 3.8) is 0 Å². The normalized spacial score (nSPS) is 17.7. The van der Waals surface area contributed by atoms with E-state index in [1.54, 1.807) is 32.0 Å². The molecule has 154 valence electrons. The molecule has 1 aromatic heterocycles. The standard InChI is InChI=1S/C21H25N3O4S/c1-21(2,3)28-20(26)23-18(19-22-10-12-29-19)16-9-11-24(17(16)13-25)27-14-15-7-5-4-6-8-15/h4-8,10,12,16,18H,9,11,14H2,1-3H3,(H,23,26)/t16-,18?/m0/s1. The van der Waals surface area contributed by atoms with E-state index in [2.05, 4.69) is 10.3 Å². The Morgan fingerprint density at radius 1 is 1.38 bits per heavy atom. The number of alkyl carbamates (subject to hydrolysis) is 1. The van der Waals surface area contributed by atoms with Crippen LogP contribution in [0.25, 0.3) is 0 Å². The lowest BCUT2D eigenvalue weighted by atomic mass is 9.97. The third kappa shape index (κ3) is 5.67. The Morgan fingerprint density at radius 3 is 2.76 bits per heavy atom. The summed E-state index contributed by atoms with van der Waals surface area (Å²) in [5.74, 6) is 1.71. The molecule has 1 amide bonds. The maximum Gasteiger partial charge on any atom is 0.408 e. The van der Waals surface area contributed by atoms with Crippen LogP contribution in [0.4, 0.5) is 4.79 Å². The van der Waals surface area contributed by atoms with Crippen LogP contribution in [0.3, 0.4) is 0 Å². The average molecular weight is 416 g/mol. The van der Waals surface area contributed by atoms with E-state index < -0.39 is 17.7 Å². The molecule has 29 heavy (non-hydrogen) atoms. The van der Waals surface area contributed by atoms with Crippen molar-refractivity contribution in [2.24, 2.45) is 5.92 Å². The van der Waals surface area contributed by atoms with Crippen molar-refractivity contribution < 1.29 is 19.2 Å². The zero-order valence-electron chi connectivity index (χ0n) is 16.8. The van der Waals surface area contributed by atoms with Gasteiger partial charge in [0.2, 0.25) is 0 Å². The molecular formula is C21H25N3O4S. The summed E-state index contributed by atoms with van der Waals surface area (Å²) in [5, 5.41) is 7.00. The highest BCUT2D eigenvalue weighted by Crippen LogP contribution is 2.37. The fourth-order valence-corrected chi connectivity index (χ4v) is 3.92. The number of thiazole rings is 1. The van der Waals surface area contributed by atoms with E-state index in [0.29, 0.717) is 30.3 Å². The van der Waals surface area contributed by atoms with Crippen LogP contribution in [-0.2, 0) is 21.0 Å². The number of ether oxygens (including phenoxy) is 1. The van der Waals surface area contributed by atoms with Gasteiger partial charge >= 0.3 is 6.09 Å². The van der Waals surface area contributed by atoms with Crippen LogP contribution >= 0.6 is 11.3 Å². The number of carbonyl (C=O) groups excluding carboxylic acids is 2. The third-order valence-corrected chi connectivity index (χ3v) is 5.25. The van der Waals surface area contributed by atoms with Gasteiger partial charge in [-0.1, -0.05) is 30.3 Å². The highest BCUT2D eigenvalue weighted by Gasteiger charge is 2.39. The maximum absolute atomic E-state index is 12.4. The molecule has 1 aromatic carbocycles. The first-order chi connectivity index (χ1) is 13.9. The van der Waals surface area contributed by atoms with Crippen LogP contribution in [0, 0.1) is 5.92 Å². The lowest BCUT2D eigenvalue weighted by Gasteiger charge is -2.26. The highest BCUT2D eigenvalue weighted by molar-refractivity contribution is 7.09. The molecule has 0 saturated carbocycles. The van der Waals surface area contributed by atoms with E-state index >= 15 is 0 Å². The second-order valence-corrected chi connectivity index (χ2v) is 8.66. The van der Waals surface area contributed by atoms with E-state index in [1.165, 1.54) is 11.3 Å². The second kappa shape index (κ2) is 9.22. The number of amides is 1. The molecule has 0 bridgehead atoms. The van der Waals surface area contributed by atoms with E-state index in [1.807, 2.05) is 41.7 Å². The summed E-state index contributed by atoms with van der Waals surface area (Å²) in [5.41, 5.74) is 0.753. The fraction of sp³-hybridized carbons (Fsp3) is 0.429. The molecule has 0 spiro atoms. The van der Waals surface area contributed by atoms with Gasteiger partial charge in [-0.15, -0.1) is 11.3 Å². The zero-order valence-corrected chi connectivity index (χ0v) is 17.6. The van der Waals surface area contributed by atoms with Crippen LogP contribution < -0.4 is 5.32 Å². The summed E-state index contributed by atoms with van der Waals surface area (Å²) < 4.78 is 5.40.